The van der Waals surface area contributed by atoms with E-state index in [9.17, 15) is 0 Å². The van der Waals surface area contributed by atoms with Gasteiger partial charge in [-0.1, -0.05) is 64.8 Å². The predicted molar refractivity (Wildman–Crippen MR) is 89.4 cm³/mol. The van der Waals surface area contributed by atoms with Gasteiger partial charge in [0.2, 0.25) is 0 Å². The van der Waals surface area contributed by atoms with Crippen molar-refractivity contribution in [2.75, 3.05) is 6.54 Å². The van der Waals surface area contributed by atoms with Crippen molar-refractivity contribution < 1.29 is 10.2 Å². The Balaban J connectivity index is 1.50. The average Bonchev–Trinajstić information content (AvgIpc) is 3.00. The molecule has 1 aliphatic rings. The zero-order valence-electron chi connectivity index (χ0n) is 12.0. The second kappa shape index (κ2) is 7.14. The first-order valence-electron chi connectivity index (χ1n) is 7.26. The van der Waals surface area contributed by atoms with Crippen LogP contribution >= 0.6 is 23.2 Å². The highest BCUT2D eigenvalue weighted by molar-refractivity contribution is 6.42. The van der Waals surface area contributed by atoms with E-state index in [1.807, 2.05) is 18.2 Å². The minimum atomic E-state index is 0.105. The van der Waals surface area contributed by atoms with Gasteiger partial charge in [0, 0.05) is 17.5 Å². The number of nitrogens with two attached hydrogens (primary N) is 1. The first-order chi connectivity index (χ1) is 10.7. The molecule has 0 unspecified atom stereocenters. The number of halogens is 2. The molecule has 1 aliphatic heterocycles. The van der Waals surface area contributed by atoms with Gasteiger partial charge in [-0.3, -0.25) is 0 Å². The van der Waals surface area contributed by atoms with Crippen molar-refractivity contribution in [3.8, 4) is 0 Å². The van der Waals surface area contributed by atoms with Crippen molar-refractivity contribution in [2.45, 2.75) is 19.1 Å². The highest BCUT2D eigenvalue weighted by Gasteiger charge is 2.23. The molecule has 114 valence electrons. The van der Waals surface area contributed by atoms with E-state index < -0.39 is 0 Å². The minimum absolute atomic E-state index is 0.105. The monoisotopic (exact) mass is 335 g/mol. The van der Waals surface area contributed by atoms with E-state index in [-0.39, 0.29) is 6.10 Å². The molecule has 5 heteroatoms. The van der Waals surface area contributed by atoms with Crippen LogP contribution in [-0.4, -0.2) is 18.4 Å². The summed E-state index contributed by atoms with van der Waals surface area (Å²) in [4.78, 5) is 5.51. The summed E-state index contributed by atoms with van der Waals surface area (Å²) < 4.78 is 0. The van der Waals surface area contributed by atoms with Gasteiger partial charge in [-0.05, 0) is 12.1 Å². The third-order valence-corrected chi connectivity index (χ3v) is 4.38. The van der Waals surface area contributed by atoms with Crippen molar-refractivity contribution >= 4 is 28.9 Å². The van der Waals surface area contributed by atoms with Gasteiger partial charge in [-0.2, -0.15) is 0 Å². The zero-order valence-corrected chi connectivity index (χ0v) is 13.5. The molecule has 0 spiro atoms. The zero-order chi connectivity index (χ0) is 15.4. The fraction of sp³-hybridized carbons (Fsp3) is 0.235. The molecule has 0 aliphatic carbocycles. The van der Waals surface area contributed by atoms with Gasteiger partial charge in [0.25, 0.3) is 0 Å². The highest BCUT2D eigenvalue weighted by Crippen LogP contribution is 2.25. The number of hydrogen-bond donors (Lipinski definition) is 1. The van der Waals surface area contributed by atoms with E-state index in [2.05, 4.69) is 34.7 Å². The van der Waals surface area contributed by atoms with Crippen LogP contribution in [-0.2, 0) is 11.4 Å². The van der Waals surface area contributed by atoms with Gasteiger partial charge >= 0.3 is 0 Å². The Morgan fingerprint density at radius 1 is 1.09 bits per heavy atom. The van der Waals surface area contributed by atoms with E-state index in [4.69, 9.17) is 28.0 Å². The highest BCUT2D eigenvalue weighted by atomic mass is 35.5. The lowest BCUT2D eigenvalue weighted by molar-refractivity contribution is -0.676. The molecule has 0 aromatic heterocycles. The van der Waals surface area contributed by atoms with Crippen LogP contribution in [0.25, 0.3) is 0 Å². The summed E-state index contributed by atoms with van der Waals surface area (Å²) in [5.41, 5.74) is 3.21. The molecule has 0 fully saturated rings. The van der Waals surface area contributed by atoms with Crippen LogP contribution in [0.2, 0.25) is 10.0 Å². The Morgan fingerprint density at radius 3 is 2.68 bits per heavy atom. The van der Waals surface area contributed by atoms with Crippen LogP contribution in [0.4, 0.5) is 0 Å². The lowest BCUT2D eigenvalue weighted by atomic mass is 10.1. The Kier molecular flexibility index (Phi) is 4.98. The van der Waals surface area contributed by atoms with Crippen LogP contribution in [0, 0.1) is 0 Å². The number of hydrogen-bond acceptors (Lipinski definition) is 2. The smallest absolute Gasteiger partial charge is 0.181 e. The first-order valence-corrected chi connectivity index (χ1v) is 8.01. The second-order valence-electron chi connectivity index (χ2n) is 5.31. The average molecular weight is 336 g/mol. The number of quaternary nitrogens is 1. The molecule has 0 saturated heterocycles. The molecule has 2 N–H and O–H groups in total. The van der Waals surface area contributed by atoms with E-state index in [0.717, 1.165) is 30.8 Å². The summed E-state index contributed by atoms with van der Waals surface area (Å²) in [6.07, 6.45) is 0.900. The quantitative estimate of drug-likeness (QED) is 0.894. The van der Waals surface area contributed by atoms with Crippen molar-refractivity contribution in [1.82, 2.24) is 0 Å². The molecule has 2 aromatic carbocycles. The van der Waals surface area contributed by atoms with Crippen molar-refractivity contribution in [3.63, 3.8) is 0 Å². The summed E-state index contributed by atoms with van der Waals surface area (Å²) in [6, 6.07) is 15.9. The molecular weight excluding hydrogens is 319 g/mol. The molecule has 2 aromatic rings. The van der Waals surface area contributed by atoms with Gasteiger partial charge in [0.1, 0.15) is 13.1 Å². The Morgan fingerprint density at radius 2 is 1.91 bits per heavy atom. The third kappa shape index (κ3) is 3.80. The maximum absolute atomic E-state index is 6.05. The number of oxime groups is 1. The molecule has 0 radical (unpaired) electrons. The molecule has 3 rings (SSSR count). The van der Waals surface area contributed by atoms with Gasteiger partial charge in [-0.25, -0.2) is 0 Å². The standard InChI is InChI=1S/C17H16Cl2N2O/c18-15-7-6-13(8-16(15)19)17-9-14(22-21-17)11-20-10-12-4-2-1-3-5-12/h1-8,14,20H,9-11H2/p+1/t14-/m1/s1. The van der Waals surface area contributed by atoms with Crippen LogP contribution < -0.4 is 5.32 Å². The molecule has 0 bridgehead atoms. The molecule has 3 nitrogen and oxygen atoms in total. The van der Waals surface area contributed by atoms with Crippen molar-refractivity contribution in [3.05, 3.63) is 69.7 Å². The number of benzene rings is 2. The van der Waals surface area contributed by atoms with E-state index in [1.54, 1.807) is 6.07 Å². The van der Waals surface area contributed by atoms with E-state index in [1.165, 1.54) is 5.56 Å². The fourth-order valence-electron chi connectivity index (χ4n) is 2.45. The maximum Gasteiger partial charge on any atom is 0.181 e. The number of rotatable bonds is 5. The van der Waals surface area contributed by atoms with Crippen molar-refractivity contribution in [1.29, 1.82) is 0 Å². The minimum Gasteiger partial charge on any atom is -0.386 e. The Hall–Kier alpha value is -1.55. The Labute approximate surface area is 139 Å². The maximum atomic E-state index is 6.05. The van der Waals surface area contributed by atoms with Gasteiger partial charge in [0.15, 0.2) is 6.10 Å². The SMILES string of the molecule is Clc1ccc(C2=NO[C@@H](C[NH2+]Cc3ccccc3)C2)cc1Cl. The number of nitrogens with zero attached hydrogens (tertiary/aromatic N) is 1. The molecule has 1 atom stereocenters. The topological polar surface area (TPSA) is 38.2 Å². The van der Waals surface area contributed by atoms with E-state index in [0.29, 0.717) is 10.0 Å². The normalized spacial score (nSPS) is 17.2. The summed E-state index contributed by atoms with van der Waals surface area (Å²) in [5, 5.41) is 7.52. The van der Waals surface area contributed by atoms with Crippen molar-refractivity contribution in [2.24, 2.45) is 5.16 Å². The van der Waals surface area contributed by atoms with Gasteiger partial charge in [0.05, 0.1) is 15.8 Å². The molecule has 0 saturated carbocycles. The summed E-state index contributed by atoms with van der Waals surface area (Å²) in [5.74, 6) is 0. The Bertz CT molecular complexity index is 674. The summed E-state index contributed by atoms with van der Waals surface area (Å²) in [6.45, 7) is 1.83. The summed E-state index contributed by atoms with van der Waals surface area (Å²) >= 11 is 12.0. The van der Waals surface area contributed by atoms with Crippen LogP contribution in [0.3, 0.4) is 0 Å². The van der Waals surface area contributed by atoms with E-state index >= 15 is 0 Å². The molecule has 0 amide bonds. The van der Waals surface area contributed by atoms with Gasteiger partial charge < -0.3 is 10.2 Å². The fourth-order valence-corrected chi connectivity index (χ4v) is 2.75. The second-order valence-corrected chi connectivity index (χ2v) is 6.13. The first kappa shape index (κ1) is 15.3. The lowest BCUT2D eigenvalue weighted by Crippen LogP contribution is -2.84. The van der Waals surface area contributed by atoms with Gasteiger partial charge in [-0.15, -0.1) is 0 Å². The van der Waals surface area contributed by atoms with Crippen LogP contribution in [0.5, 0.6) is 0 Å². The summed E-state index contributed by atoms with van der Waals surface area (Å²) in [7, 11) is 0. The molecular formula is C17H17Cl2N2O+. The van der Waals surface area contributed by atoms with Crippen LogP contribution in [0.1, 0.15) is 17.5 Å². The third-order valence-electron chi connectivity index (χ3n) is 3.64. The molecule has 22 heavy (non-hydrogen) atoms. The predicted octanol–water partition coefficient (Wildman–Crippen LogP) is 3.25. The largest absolute Gasteiger partial charge is 0.386 e. The molecule has 1 heterocycles. The van der Waals surface area contributed by atoms with Crippen LogP contribution in [0.15, 0.2) is 53.7 Å². The lowest BCUT2D eigenvalue weighted by Gasteiger charge is -2.07.